The number of nitrogens with zero attached hydrogens (tertiary/aromatic N) is 2. The van der Waals surface area contributed by atoms with E-state index in [2.05, 4.69) is 28.8 Å². The molecule has 0 radical (unpaired) electrons. The number of H-pyrrole nitrogens is 2. The monoisotopic (exact) mass is 320 g/mol. The normalized spacial score (nSPS) is 11.4. The summed E-state index contributed by atoms with van der Waals surface area (Å²) in [5, 5.41) is 0. The van der Waals surface area contributed by atoms with Crippen molar-refractivity contribution in [3.63, 3.8) is 0 Å². The molecule has 0 aliphatic heterocycles. The molecule has 2 rings (SSSR count). The lowest BCUT2D eigenvalue weighted by Gasteiger charge is -2.05. The lowest BCUT2D eigenvalue weighted by molar-refractivity contribution is 0.571. The van der Waals surface area contributed by atoms with Gasteiger partial charge in [-0.1, -0.05) is 52.4 Å². The van der Waals surface area contributed by atoms with Crippen molar-refractivity contribution in [2.45, 2.75) is 78.2 Å². The molecule has 0 atom stereocenters. The summed E-state index contributed by atoms with van der Waals surface area (Å²) >= 11 is 0. The van der Waals surface area contributed by atoms with Gasteiger partial charge in [0.2, 0.25) is 0 Å². The minimum Gasteiger partial charge on any atom is -0.336 e. The Hall–Kier alpha value is -1.85. The fourth-order valence-corrected chi connectivity index (χ4v) is 2.83. The number of fused-ring (bicyclic) bond motifs is 1. The van der Waals surface area contributed by atoms with Gasteiger partial charge in [-0.2, -0.15) is 0 Å². The first-order valence-corrected chi connectivity index (χ1v) is 8.89. The third-order valence-corrected chi connectivity index (χ3v) is 4.18. The highest BCUT2D eigenvalue weighted by molar-refractivity contribution is 5.69. The van der Waals surface area contributed by atoms with Crippen LogP contribution in [0.4, 0.5) is 0 Å². The molecule has 0 aliphatic rings. The Morgan fingerprint density at radius 3 is 2.30 bits per heavy atom. The molecule has 6 heteroatoms. The van der Waals surface area contributed by atoms with Gasteiger partial charge in [0, 0.05) is 13.0 Å². The van der Waals surface area contributed by atoms with Crippen LogP contribution < -0.4 is 11.2 Å². The Kier molecular flexibility index (Phi) is 6.62. The van der Waals surface area contributed by atoms with Gasteiger partial charge in [0.25, 0.3) is 5.56 Å². The molecule has 0 fully saturated rings. The van der Waals surface area contributed by atoms with Crippen LogP contribution in [-0.4, -0.2) is 19.5 Å². The van der Waals surface area contributed by atoms with Crippen LogP contribution in [-0.2, 0) is 13.0 Å². The van der Waals surface area contributed by atoms with Crippen molar-refractivity contribution >= 4 is 11.2 Å². The summed E-state index contributed by atoms with van der Waals surface area (Å²) in [6, 6.07) is 0. The van der Waals surface area contributed by atoms with Crippen LogP contribution in [0.2, 0.25) is 0 Å². The van der Waals surface area contributed by atoms with Crippen LogP contribution in [0.3, 0.4) is 0 Å². The molecule has 0 aromatic carbocycles. The first-order chi connectivity index (χ1) is 11.2. The number of aryl methyl sites for hydroxylation is 2. The van der Waals surface area contributed by atoms with Gasteiger partial charge in [0.05, 0.1) is 0 Å². The van der Waals surface area contributed by atoms with Crippen LogP contribution in [0.25, 0.3) is 11.2 Å². The summed E-state index contributed by atoms with van der Waals surface area (Å²) in [7, 11) is 0. The Bertz CT molecular complexity index is 726. The minimum atomic E-state index is -0.373. The average molecular weight is 320 g/mol. The average Bonchev–Trinajstić information content (AvgIpc) is 2.95. The highest BCUT2D eigenvalue weighted by Crippen LogP contribution is 2.10. The second-order valence-electron chi connectivity index (χ2n) is 6.16. The van der Waals surface area contributed by atoms with Crippen molar-refractivity contribution in [3.8, 4) is 0 Å². The maximum atomic E-state index is 12.1. The van der Waals surface area contributed by atoms with E-state index in [0.717, 1.165) is 50.8 Å². The summed E-state index contributed by atoms with van der Waals surface area (Å²) in [5.74, 6) is 0.800. The molecule has 0 bridgehead atoms. The molecule has 0 saturated heterocycles. The third-order valence-electron chi connectivity index (χ3n) is 4.18. The summed E-state index contributed by atoms with van der Waals surface area (Å²) in [4.78, 5) is 34.1. The fourth-order valence-electron chi connectivity index (χ4n) is 2.83. The molecule has 0 amide bonds. The molecule has 2 heterocycles. The largest absolute Gasteiger partial charge is 0.336 e. The standard InChI is InChI=1S/C17H28N4O2/c1-3-5-7-9-11-13-18-14-15(19-13)21(12-10-8-6-4-2)17(23)20-16(14)22/h3-12H2,1-2H3,(H,18,19)(H,20,22,23). The van der Waals surface area contributed by atoms with Gasteiger partial charge in [-0.3, -0.25) is 14.3 Å². The molecule has 2 N–H and O–H groups in total. The maximum Gasteiger partial charge on any atom is 0.330 e. The highest BCUT2D eigenvalue weighted by atomic mass is 16.2. The Balaban J connectivity index is 2.19. The van der Waals surface area contributed by atoms with E-state index in [1.165, 1.54) is 12.8 Å². The van der Waals surface area contributed by atoms with Crippen LogP contribution in [0, 0.1) is 0 Å². The second-order valence-corrected chi connectivity index (χ2v) is 6.16. The number of rotatable bonds is 10. The number of hydrogen-bond acceptors (Lipinski definition) is 3. The van der Waals surface area contributed by atoms with Gasteiger partial charge in [-0.05, 0) is 12.8 Å². The van der Waals surface area contributed by atoms with E-state index in [4.69, 9.17) is 0 Å². The van der Waals surface area contributed by atoms with Crippen molar-refractivity contribution in [1.29, 1.82) is 0 Å². The SMILES string of the molecule is CCCCCCc1nc2c([nH]1)c(=O)[nH]c(=O)n2CCCCCC. The zero-order valence-corrected chi connectivity index (χ0v) is 14.3. The summed E-state index contributed by atoms with van der Waals surface area (Å²) in [6.07, 6.45) is 9.74. The lowest BCUT2D eigenvalue weighted by atomic mass is 10.1. The molecule has 0 aliphatic carbocycles. The van der Waals surface area contributed by atoms with E-state index >= 15 is 0 Å². The number of hydrogen-bond donors (Lipinski definition) is 2. The van der Waals surface area contributed by atoms with E-state index in [1.807, 2.05) is 0 Å². The number of aromatic amines is 2. The first-order valence-electron chi connectivity index (χ1n) is 8.89. The quantitative estimate of drug-likeness (QED) is 0.660. The summed E-state index contributed by atoms with van der Waals surface area (Å²) in [6.45, 7) is 4.94. The Labute approximate surface area is 136 Å². The van der Waals surface area contributed by atoms with Crippen molar-refractivity contribution < 1.29 is 0 Å². The molecule has 6 nitrogen and oxygen atoms in total. The van der Waals surface area contributed by atoms with Gasteiger partial charge in [0.15, 0.2) is 5.65 Å². The predicted molar refractivity (Wildman–Crippen MR) is 93.0 cm³/mol. The van der Waals surface area contributed by atoms with Crippen LogP contribution in [0.1, 0.15) is 71.0 Å². The van der Waals surface area contributed by atoms with Gasteiger partial charge >= 0.3 is 5.69 Å². The molecule has 23 heavy (non-hydrogen) atoms. The number of aromatic nitrogens is 4. The second kappa shape index (κ2) is 8.70. The van der Waals surface area contributed by atoms with Crippen molar-refractivity contribution in [2.24, 2.45) is 0 Å². The summed E-state index contributed by atoms with van der Waals surface area (Å²) < 4.78 is 1.60. The van der Waals surface area contributed by atoms with Gasteiger partial charge < -0.3 is 4.98 Å². The van der Waals surface area contributed by atoms with E-state index in [0.29, 0.717) is 17.7 Å². The molecular weight excluding hydrogens is 292 g/mol. The molecule has 0 unspecified atom stereocenters. The highest BCUT2D eigenvalue weighted by Gasteiger charge is 2.12. The zero-order chi connectivity index (χ0) is 16.7. The number of nitrogens with one attached hydrogen (secondary N) is 2. The minimum absolute atomic E-state index is 0.358. The van der Waals surface area contributed by atoms with E-state index in [9.17, 15) is 9.59 Å². The van der Waals surface area contributed by atoms with Crippen molar-refractivity contribution in [3.05, 3.63) is 26.7 Å². The lowest BCUT2D eigenvalue weighted by Crippen LogP contribution is -2.30. The van der Waals surface area contributed by atoms with Crippen LogP contribution in [0.5, 0.6) is 0 Å². The van der Waals surface area contributed by atoms with Gasteiger partial charge in [-0.15, -0.1) is 0 Å². The van der Waals surface area contributed by atoms with E-state index in [1.54, 1.807) is 4.57 Å². The summed E-state index contributed by atoms with van der Waals surface area (Å²) in [5.41, 5.74) is 0.191. The molecule has 0 saturated carbocycles. The number of unbranched alkanes of at least 4 members (excludes halogenated alkanes) is 6. The van der Waals surface area contributed by atoms with E-state index < -0.39 is 0 Å². The zero-order valence-electron chi connectivity index (χ0n) is 14.3. The molecule has 2 aromatic heterocycles. The topological polar surface area (TPSA) is 83.5 Å². The fraction of sp³-hybridized carbons (Fsp3) is 0.706. The van der Waals surface area contributed by atoms with Gasteiger partial charge in [0.1, 0.15) is 11.3 Å². The molecule has 0 spiro atoms. The predicted octanol–water partition coefficient (Wildman–Crippen LogP) is 3.12. The van der Waals surface area contributed by atoms with Crippen molar-refractivity contribution in [1.82, 2.24) is 19.5 Å². The van der Waals surface area contributed by atoms with Crippen molar-refractivity contribution in [2.75, 3.05) is 0 Å². The Morgan fingerprint density at radius 1 is 0.913 bits per heavy atom. The molecule has 2 aromatic rings. The maximum absolute atomic E-state index is 12.1. The smallest absolute Gasteiger partial charge is 0.330 e. The molecular formula is C17H28N4O2. The van der Waals surface area contributed by atoms with Crippen LogP contribution in [0.15, 0.2) is 9.59 Å². The number of imidazole rings is 1. The first kappa shape index (κ1) is 17.5. The third kappa shape index (κ3) is 4.56. The van der Waals surface area contributed by atoms with Crippen LogP contribution >= 0.6 is 0 Å². The molecule has 128 valence electrons. The van der Waals surface area contributed by atoms with Gasteiger partial charge in [-0.25, -0.2) is 9.78 Å². The van der Waals surface area contributed by atoms with E-state index in [-0.39, 0.29) is 11.2 Å². The Morgan fingerprint density at radius 2 is 1.61 bits per heavy atom.